The van der Waals surface area contributed by atoms with E-state index in [0.29, 0.717) is 0 Å². The highest BCUT2D eigenvalue weighted by molar-refractivity contribution is 6.58. The normalized spacial score (nSPS) is 9.61. The van der Waals surface area contributed by atoms with Gasteiger partial charge >= 0.3 is 0 Å². The van der Waals surface area contributed by atoms with Crippen LogP contribution in [0.2, 0.25) is 0 Å². The molecule has 0 unspecified atom stereocenters. The van der Waals surface area contributed by atoms with Crippen LogP contribution in [0.4, 0.5) is 0 Å². The van der Waals surface area contributed by atoms with Crippen LogP contribution in [0.3, 0.4) is 0 Å². The van der Waals surface area contributed by atoms with Crippen molar-refractivity contribution in [2.45, 2.75) is 0 Å². The first kappa shape index (κ1) is 20.5. The van der Waals surface area contributed by atoms with E-state index in [1.54, 1.807) is 0 Å². The van der Waals surface area contributed by atoms with E-state index in [-0.39, 0.29) is 38.5 Å². The Balaban J connectivity index is 3.71. The molecule has 5 N–H and O–H groups in total. The first-order chi connectivity index (χ1) is 10.8. The average molecular weight is 329 g/mol. The van der Waals surface area contributed by atoms with Crippen LogP contribution in [0.1, 0.15) is 0 Å². The summed E-state index contributed by atoms with van der Waals surface area (Å²) in [5.41, 5.74) is 4.44. The van der Waals surface area contributed by atoms with Crippen LogP contribution in [-0.2, 0) is 28.7 Å². The van der Waals surface area contributed by atoms with Crippen LogP contribution in [0.15, 0.2) is 0 Å². The third kappa shape index (κ3) is 13.0. The molecule has 0 radical (unpaired) electrons. The minimum atomic E-state index is -0.585. The highest BCUT2D eigenvalue weighted by Crippen LogP contribution is 1.76. The number of amides is 4. The summed E-state index contributed by atoms with van der Waals surface area (Å²) in [5.74, 6) is -2.13. The molecule has 0 aromatic carbocycles. The Morgan fingerprint density at radius 2 is 1.26 bits per heavy atom. The van der Waals surface area contributed by atoms with Crippen LogP contribution >= 0.6 is 0 Å². The van der Waals surface area contributed by atoms with Crippen LogP contribution in [0.5, 0.6) is 0 Å². The largest absolute Gasteiger partial charge is 0.362 e. The molecular formula is C11H20BN5O6. The lowest BCUT2D eigenvalue weighted by molar-refractivity contribution is -0.133. The van der Waals surface area contributed by atoms with Gasteiger partial charge in [0.1, 0.15) is 18.9 Å². The van der Waals surface area contributed by atoms with Gasteiger partial charge < -0.3 is 25.5 Å². The molecule has 0 aliphatic carbocycles. The number of carbonyl (C=O) groups excluding carboxylic acids is 5. The molecule has 23 heavy (non-hydrogen) atoms. The van der Waals surface area contributed by atoms with E-state index in [9.17, 15) is 24.0 Å². The van der Waals surface area contributed by atoms with Crippen LogP contribution in [0.25, 0.3) is 0 Å². The van der Waals surface area contributed by atoms with Crippen molar-refractivity contribution in [3.63, 3.8) is 0 Å². The van der Waals surface area contributed by atoms with Crippen molar-refractivity contribution in [1.82, 2.24) is 26.8 Å². The van der Waals surface area contributed by atoms with Crippen molar-refractivity contribution in [1.29, 1.82) is 0 Å². The lowest BCUT2D eigenvalue weighted by Crippen LogP contribution is -2.43. The lowest BCUT2D eigenvalue weighted by Gasteiger charge is -2.08. The second kappa shape index (κ2) is 12.1. The molecule has 0 spiro atoms. The fourth-order valence-electron chi connectivity index (χ4n) is 1.17. The number of rotatable bonds is 11. The SMILES string of the molecule is BC(=O)CNC(=O)CNC(=O)CNC(=O)COCC(=O)NNC. The predicted octanol–water partition coefficient (Wildman–Crippen LogP) is -5.24. The summed E-state index contributed by atoms with van der Waals surface area (Å²) in [6.45, 7) is -1.45. The third-order valence-electron chi connectivity index (χ3n) is 2.16. The summed E-state index contributed by atoms with van der Waals surface area (Å²) >= 11 is 0. The number of hydrazine groups is 1. The zero-order valence-corrected chi connectivity index (χ0v) is 13.0. The second-order valence-electron chi connectivity index (χ2n) is 4.32. The Labute approximate surface area is 133 Å². The van der Waals surface area contributed by atoms with Gasteiger partial charge in [0.25, 0.3) is 5.91 Å². The number of ether oxygens (including phenoxy) is 1. The minimum absolute atomic E-state index is 0.107. The molecular weight excluding hydrogens is 309 g/mol. The van der Waals surface area contributed by atoms with Gasteiger partial charge in [0.05, 0.1) is 19.6 Å². The van der Waals surface area contributed by atoms with Crippen molar-refractivity contribution >= 4 is 37.2 Å². The molecule has 0 heterocycles. The van der Waals surface area contributed by atoms with E-state index >= 15 is 0 Å². The molecule has 0 aliphatic heterocycles. The fourth-order valence-corrected chi connectivity index (χ4v) is 1.17. The van der Waals surface area contributed by atoms with Gasteiger partial charge in [-0.1, -0.05) is 0 Å². The average Bonchev–Trinajstić information content (AvgIpc) is 2.49. The minimum Gasteiger partial charge on any atom is -0.362 e. The van der Waals surface area contributed by atoms with E-state index in [1.165, 1.54) is 14.9 Å². The van der Waals surface area contributed by atoms with Gasteiger partial charge in [-0.25, -0.2) is 5.43 Å². The smallest absolute Gasteiger partial charge is 0.260 e. The van der Waals surface area contributed by atoms with E-state index in [1.807, 2.05) is 0 Å². The lowest BCUT2D eigenvalue weighted by atomic mass is 10.0. The number of nitrogens with one attached hydrogen (secondary N) is 5. The Morgan fingerprint density at radius 1 is 0.783 bits per heavy atom. The number of hydrogen-bond donors (Lipinski definition) is 5. The monoisotopic (exact) mass is 329 g/mol. The molecule has 0 saturated carbocycles. The topological polar surface area (TPSA) is 155 Å². The highest BCUT2D eigenvalue weighted by atomic mass is 16.5. The number of carbonyl (C=O) groups is 5. The summed E-state index contributed by atoms with van der Waals surface area (Å²) in [4.78, 5) is 55.5. The maximum absolute atomic E-state index is 11.4. The molecule has 0 bridgehead atoms. The Bertz CT molecular complexity index is 458. The molecule has 128 valence electrons. The molecule has 12 heteroatoms. The van der Waals surface area contributed by atoms with E-state index in [2.05, 4.69) is 26.8 Å². The van der Waals surface area contributed by atoms with Gasteiger partial charge in [-0.3, -0.25) is 24.6 Å². The van der Waals surface area contributed by atoms with Crippen molar-refractivity contribution in [2.75, 3.05) is 39.9 Å². The molecule has 0 rings (SSSR count). The van der Waals surface area contributed by atoms with E-state index in [4.69, 9.17) is 4.74 Å². The number of hydrogen-bond acceptors (Lipinski definition) is 7. The highest BCUT2D eigenvalue weighted by Gasteiger charge is 2.09. The molecule has 11 nitrogen and oxygen atoms in total. The Kier molecular flexibility index (Phi) is 10.8. The van der Waals surface area contributed by atoms with Gasteiger partial charge in [-0.05, 0) is 0 Å². The van der Waals surface area contributed by atoms with Gasteiger partial charge in [-0.15, -0.1) is 0 Å². The molecule has 0 atom stereocenters. The van der Waals surface area contributed by atoms with Gasteiger partial charge in [-0.2, -0.15) is 0 Å². The maximum Gasteiger partial charge on any atom is 0.260 e. The van der Waals surface area contributed by atoms with Gasteiger partial charge in [0.2, 0.25) is 17.7 Å². The standard InChI is InChI=1S/C11H20BN5O6/c1-13-17-11(22)6-23-5-10(21)16-4-9(20)15-3-8(19)14-2-7(12)18/h13H,2-6,12H2,1H3,(H,14,19)(H,15,20)(H,16,21)(H,17,22). The summed E-state index contributed by atoms with van der Waals surface area (Å²) in [5, 5.41) is 6.81. The molecule has 0 saturated heterocycles. The van der Waals surface area contributed by atoms with Crippen molar-refractivity contribution in [2.24, 2.45) is 0 Å². The van der Waals surface area contributed by atoms with Crippen molar-refractivity contribution < 1.29 is 28.7 Å². The van der Waals surface area contributed by atoms with Crippen molar-refractivity contribution in [3.8, 4) is 0 Å². The first-order valence-corrected chi connectivity index (χ1v) is 6.68. The summed E-state index contributed by atoms with van der Waals surface area (Å²) in [7, 11) is 2.82. The van der Waals surface area contributed by atoms with Crippen LogP contribution in [-0.4, -0.2) is 77.1 Å². The molecule has 0 aromatic heterocycles. The molecule has 4 amide bonds. The van der Waals surface area contributed by atoms with Crippen molar-refractivity contribution in [3.05, 3.63) is 0 Å². The Hall–Kier alpha value is -2.47. The molecule has 0 aliphatic rings. The zero-order chi connectivity index (χ0) is 17.7. The van der Waals surface area contributed by atoms with Crippen LogP contribution in [0, 0.1) is 0 Å². The summed E-state index contributed by atoms with van der Waals surface area (Å²) in [6.07, 6.45) is 0. The summed E-state index contributed by atoms with van der Waals surface area (Å²) in [6, 6.07) is 0. The third-order valence-corrected chi connectivity index (χ3v) is 2.16. The summed E-state index contributed by atoms with van der Waals surface area (Å²) < 4.78 is 4.80. The van der Waals surface area contributed by atoms with Gasteiger partial charge in [0.15, 0.2) is 7.85 Å². The molecule has 0 aromatic rings. The maximum atomic E-state index is 11.4. The first-order valence-electron chi connectivity index (χ1n) is 6.68. The van der Waals surface area contributed by atoms with Crippen LogP contribution < -0.4 is 26.8 Å². The fraction of sp³-hybridized carbons (Fsp3) is 0.545. The second-order valence-corrected chi connectivity index (χ2v) is 4.32. The van der Waals surface area contributed by atoms with E-state index in [0.717, 1.165) is 0 Å². The van der Waals surface area contributed by atoms with Gasteiger partial charge in [0, 0.05) is 7.05 Å². The predicted molar refractivity (Wildman–Crippen MR) is 80.6 cm³/mol. The quantitative estimate of drug-likeness (QED) is 0.187. The Morgan fingerprint density at radius 3 is 1.78 bits per heavy atom. The molecule has 0 fully saturated rings. The zero-order valence-electron chi connectivity index (χ0n) is 13.0. The van der Waals surface area contributed by atoms with E-state index < -0.39 is 23.6 Å².